The fourth-order valence-corrected chi connectivity index (χ4v) is 4.34. The Hall–Kier alpha value is -2.82. The fraction of sp³-hybridized carbons (Fsp3) is 0.481. The molecule has 2 aromatic carbocycles. The highest BCUT2D eigenvalue weighted by Crippen LogP contribution is 2.20. The molecule has 1 saturated carbocycles. The van der Waals surface area contributed by atoms with E-state index in [0.717, 1.165) is 47.9 Å². The molecule has 1 fully saturated rings. The van der Waals surface area contributed by atoms with Crippen molar-refractivity contribution in [1.29, 1.82) is 0 Å². The van der Waals surface area contributed by atoms with Crippen molar-refractivity contribution in [2.75, 3.05) is 6.61 Å². The van der Waals surface area contributed by atoms with E-state index < -0.39 is 6.04 Å². The van der Waals surface area contributed by atoms with Gasteiger partial charge in [0.25, 0.3) is 5.91 Å². The van der Waals surface area contributed by atoms with Crippen LogP contribution >= 0.6 is 0 Å². The Bertz CT molecular complexity index is 934. The first-order valence-corrected chi connectivity index (χ1v) is 11.7. The maximum absolute atomic E-state index is 13.2. The van der Waals surface area contributed by atoms with E-state index in [1.807, 2.05) is 64.1 Å². The van der Waals surface area contributed by atoms with Gasteiger partial charge in [0.1, 0.15) is 11.8 Å². The molecule has 5 heteroatoms. The molecule has 0 aliphatic heterocycles. The number of ether oxygens (including phenoxy) is 1. The lowest BCUT2D eigenvalue weighted by atomic mass is 9.95. The van der Waals surface area contributed by atoms with Crippen LogP contribution in [0.15, 0.2) is 42.5 Å². The van der Waals surface area contributed by atoms with Gasteiger partial charge in [0, 0.05) is 12.6 Å². The first-order valence-electron chi connectivity index (χ1n) is 11.7. The molecule has 5 nitrogen and oxygen atoms in total. The van der Waals surface area contributed by atoms with Gasteiger partial charge in [-0.3, -0.25) is 9.59 Å². The number of rotatable bonds is 8. The zero-order valence-electron chi connectivity index (χ0n) is 19.8. The molecule has 2 aromatic rings. The van der Waals surface area contributed by atoms with Gasteiger partial charge in [-0.15, -0.1) is 0 Å². The quantitative estimate of drug-likeness (QED) is 0.643. The lowest BCUT2D eigenvalue weighted by Gasteiger charge is -2.31. The number of aryl methyl sites for hydroxylation is 3. The third kappa shape index (κ3) is 6.59. The van der Waals surface area contributed by atoms with Crippen LogP contribution in [0.4, 0.5) is 0 Å². The summed E-state index contributed by atoms with van der Waals surface area (Å²) in [4.78, 5) is 27.9. The average molecular weight is 437 g/mol. The van der Waals surface area contributed by atoms with Crippen molar-refractivity contribution in [3.63, 3.8) is 0 Å². The molecule has 0 bridgehead atoms. The van der Waals surface area contributed by atoms with Crippen LogP contribution in [-0.4, -0.2) is 35.4 Å². The Morgan fingerprint density at radius 3 is 2.44 bits per heavy atom. The highest BCUT2D eigenvalue weighted by atomic mass is 16.5. The van der Waals surface area contributed by atoms with Crippen LogP contribution in [-0.2, 0) is 16.1 Å². The van der Waals surface area contributed by atoms with E-state index in [1.54, 1.807) is 4.90 Å². The van der Waals surface area contributed by atoms with Crippen LogP contribution < -0.4 is 10.1 Å². The second kappa shape index (κ2) is 11.2. The van der Waals surface area contributed by atoms with E-state index in [4.69, 9.17) is 4.74 Å². The summed E-state index contributed by atoms with van der Waals surface area (Å²) in [5.41, 5.74) is 4.27. The van der Waals surface area contributed by atoms with Crippen LogP contribution in [0.5, 0.6) is 5.75 Å². The minimum absolute atomic E-state index is 0.0931. The number of hydrogen-bond donors (Lipinski definition) is 1. The molecule has 1 aliphatic rings. The van der Waals surface area contributed by atoms with Crippen LogP contribution in [0.3, 0.4) is 0 Å². The lowest BCUT2D eigenvalue weighted by molar-refractivity contribution is -0.142. The number of hydrogen-bond acceptors (Lipinski definition) is 3. The molecule has 0 spiro atoms. The maximum Gasteiger partial charge on any atom is 0.261 e. The van der Waals surface area contributed by atoms with Gasteiger partial charge in [0.2, 0.25) is 5.91 Å². The zero-order chi connectivity index (χ0) is 23.1. The Balaban J connectivity index is 1.72. The SMILES string of the molecule is Cc1cccc(CN(C(=O)COc2ccc(C)cc2C)[C@H](C)C(=O)NC2CCCCC2)c1. The van der Waals surface area contributed by atoms with Crippen LogP contribution in [0.1, 0.15) is 61.3 Å². The average Bonchev–Trinajstić information content (AvgIpc) is 2.77. The summed E-state index contributed by atoms with van der Waals surface area (Å²) in [6.45, 7) is 8.10. The Kier molecular flexibility index (Phi) is 8.32. The highest BCUT2D eigenvalue weighted by molar-refractivity contribution is 5.88. The van der Waals surface area contributed by atoms with Crippen molar-refractivity contribution in [3.8, 4) is 5.75 Å². The number of carbonyl (C=O) groups is 2. The molecular weight excluding hydrogens is 400 g/mol. The van der Waals surface area contributed by atoms with E-state index in [9.17, 15) is 9.59 Å². The molecule has 0 heterocycles. The van der Waals surface area contributed by atoms with E-state index in [2.05, 4.69) is 11.4 Å². The molecule has 0 radical (unpaired) electrons. The molecule has 3 rings (SSSR count). The summed E-state index contributed by atoms with van der Waals surface area (Å²) < 4.78 is 5.85. The summed E-state index contributed by atoms with van der Waals surface area (Å²) in [6.07, 6.45) is 5.56. The molecule has 172 valence electrons. The summed E-state index contributed by atoms with van der Waals surface area (Å²) in [5.74, 6) is 0.404. The van der Waals surface area contributed by atoms with Gasteiger partial charge in [-0.1, -0.05) is 66.8 Å². The van der Waals surface area contributed by atoms with Gasteiger partial charge >= 0.3 is 0 Å². The second-order valence-electron chi connectivity index (χ2n) is 9.09. The van der Waals surface area contributed by atoms with Gasteiger partial charge in [-0.2, -0.15) is 0 Å². The molecule has 0 unspecified atom stereocenters. The third-order valence-electron chi connectivity index (χ3n) is 6.24. The number of carbonyl (C=O) groups excluding carboxylic acids is 2. The molecule has 1 N–H and O–H groups in total. The van der Waals surface area contributed by atoms with E-state index >= 15 is 0 Å². The minimum atomic E-state index is -0.576. The van der Waals surface area contributed by atoms with E-state index in [-0.39, 0.29) is 24.5 Å². The molecule has 1 aliphatic carbocycles. The van der Waals surface area contributed by atoms with Gasteiger partial charge in [0.15, 0.2) is 6.61 Å². The summed E-state index contributed by atoms with van der Waals surface area (Å²) in [5, 5.41) is 3.17. The van der Waals surface area contributed by atoms with Crippen LogP contribution in [0, 0.1) is 20.8 Å². The Labute approximate surface area is 192 Å². The molecule has 0 saturated heterocycles. The molecular formula is C27H36N2O3. The Morgan fingerprint density at radius 2 is 1.75 bits per heavy atom. The molecule has 1 atom stereocenters. The number of benzene rings is 2. The predicted molar refractivity (Wildman–Crippen MR) is 128 cm³/mol. The zero-order valence-corrected chi connectivity index (χ0v) is 19.8. The van der Waals surface area contributed by atoms with Crippen LogP contribution in [0.25, 0.3) is 0 Å². The van der Waals surface area contributed by atoms with Gasteiger partial charge in [0.05, 0.1) is 0 Å². The number of nitrogens with zero attached hydrogens (tertiary/aromatic N) is 1. The van der Waals surface area contributed by atoms with Gasteiger partial charge in [-0.05, 0) is 57.7 Å². The van der Waals surface area contributed by atoms with Gasteiger partial charge < -0.3 is 15.0 Å². The van der Waals surface area contributed by atoms with Crippen molar-refractivity contribution < 1.29 is 14.3 Å². The monoisotopic (exact) mass is 436 g/mol. The summed E-state index contributed by atoms with van der Waals surface area (Å²) in [6, 6.07) is 13.6. The predicted octanol–water partition coefficient (Wildman–Crippen LogP) is 4.86. The standard InChI is InChI=1S/C27H36N2O3/c1-19-9-8-10-23(16-19)17-29(22(4)27(31)28-24-11-6-5-7-12-24)26(30)18-32-25-14-13-20(2)15-21(25)3/h8-10,13-16,22,24H,5-7,11-12,17-18H2,1-4H3,(H,28,31)/t22-/m1/s1. The first kappa shape index (κ1) is 23.8. The summed E-state index contributed by atoms with van der Waals surface area (Å²) in [7, 11) is 0. The Morgan fingerprint density at radius 1 is 1.03 bits per heavy atom. The van der Waals surface area contributed by atoms with Crippen molar-refractivity contribution in [2.24, 2.45) is 0 Å². The van der Waals surface area contributed by atoms with E-state index in [0.29, 0.717) is 12.3 Å². The van der Waals surface area contributed by atoms with Crippen molar-refractivity contribution in [2.45, 2.75) is 78.4 Å². The minimum Gasteiger partial charge on any atom is -0.483 e. The van der Waals surface area contributed by atoms with Crippen molar-refractivity contribution in [3.05, 3.63) is 64.7 Å². The maximum atomic E-state index is 13.2. The fourth-order valence-electron chi connectivity index (χ4n) is 4.34. The topological polar surface area (TPSA) is 58.6 Å². The largest absolute Gasteiger partial charge is 0.483 e. The highest BCUT2D eigenvalue weighted by Gasteiger charge is 2.28. The van der Waals surface area contributed by atoms with Crippen LogP contribution in [0.2, 0.25) is 0 Å². The second-order valence-corrected chi connectivity index (χ2v) is 9.09. The molecule has 2 amide bonds. The third-order valence-corrected chi connectivity index (χ3v) is 6.24. The molecule has 0 aromatic heterocycles. The van der Waals surface area contributed by atoms with Gasteiger partial charge in [-0.25, -0.2) is 0 Å². The van der Waals surface area contributed by atoms with Crippen molar-refractivity contribution in [1.82, 2.24) is 10.2 Å². The van der Waals surface area contributed by atoms with E-state index in [1.165, 1.54) is 6.42 Å². The molecule has 32 heavy (non-hydrogen) atoms. The smallest absolute Gasteiger partial charge is 0.261 e. The number of amides is 2. The number of nitrogens with one attached hydrogen (secondary N) is 1. The normalized spacial score (nSPS) is 15.1. The first-order chi connectivity index (χ1) is 15.3. The lowest BCUT2D eigenvalue weighted by Crippen LogP contribution is -2.51. The van der Waals surface area contributed by atoms with Crippen molar-refractivity contribution >= 4 is 11.8 Å². The summed E-state index contributed by atoms with van der Waals surface area (Å²) >= 11 is 0.